The number of amides is 1. The van der Waals surface area contributed by atoms with Crippen LogP contribution in [0.1, 0.15) is 37.0 Å². The third-order valence-electron chi connectivity index (χ3n) is 2.96. The minimum absolute atomic E-state index is 0.102. The molecule has 1 aromatic rings. The molecule has 2 rings (SSSR count). The van der Waals surface area contributed by atoms with Crippen molar-refractivity contribution in [2.24, 2.45) is 0 Å². The lowest BCUT2D eigenvalue weighted by atomic mass is 10.2. The first-order valence-corrected chi connectivity index (χ1v) is 6.27. The Hall–Kier alpha value is -1.58. The summed E-state index contributed by atoms with van der Waals surface area (Å²) in [5, 5.41) is 3.12. The first-order valence-electron chi connectivity index (χ1n) is 6.27. The Morgan fingerprint density at radius 1 is 1.47 bits per heavy atom. The summed E-state index contributed by atoms with van der Waals surface area (Å²) in [6.45, 7) is 5.66. The summed E-state index contributed by atoms with van der Waals surface area (Å²) in [5.41, 5.74) is 0.681. The summed E-state index contributed by atoms with van der Waals surface area (Å²) in [6.07, 6.45) is 3.94. The molecule has 0 atom stereocenters. The number of nitrogens with one attached hydrogen (secondary N) is 1. The quantitative estimate of drug-likeness (QED) is 0.847. The maximum Gasteiger partial charge on any atom is 0.255 e. The van der Waals surface area contributed by atoms with E-state index in [1.165, 1.54) is 0 Å². The molecule has 17 heavy (non-hydrogen) atoms. The molecule has 1 heterocycles. The van der Waals surface area contributed by atoms with Gasteiger partial charge in [0.1, 0.15) is 5.82 Å². The zero-order chi connectivity index (χ0) is 12.3. The van der Waals surface area contributed by atoms with Crippen LogP contribution in [0.4, 0.5) is 5.82 Å². The monoisotopic (exact) mass is 233 g/mol. The molecule has 1 aliphatic rings. The summed E-state index contributed by atoms with van der Waals surface area (Å²) in [6, 6.07) is 4.16. The number of rotatable bonds is 5. The number of hydrogen-bond donors (Lipinski definition) is 1. The Morgan fingerprint density at radius 2 is 2.24 bits per heavy atom. The van der Waals surface area contributed by atoms with Crippen LogP contribution in [0.15, 0.2) is 18.3 Å². The highest BCUT2D eigenvalue weighted by Crippen LogP contribution is 2.27. The van der Waals surface area contributed by atoms with E-state index in [-0.39, 0.29) is 5.91 Å². The van der Waals surface area contributed by atoms with Crippen molar-refractivity contribution in [1.82, 2.24) is 9.88 Å². The van der Waals surface area contributed by atoms with Crippen molar-refractivity contribution in [2.45, 2.75) is 32.7 Å². The first kappa shape index (κ1) is 11.9. The van der Waals surface area contributed by atoms with E-state index in [4.69, 9.17) is 0 Å². The third-order valence-corrected chi connectivity index (χ3v) is 2.96. The Bertz CT molecular complexity index is 384. The fraction of sp³-hybridized carbons (Fsp3) is 0.538. The van der Waals surface area contributed by atoms with Crippen LogP contribution in [0.5, 0.6) is 0 Å². The molecule has 0 bridgehead atoms. The molecule has 1 amide bonds. The van der Waals surface area contributed by atoms with Crippen molar-refractivity contribution < 1.29 is 4.79 Å². The lowest BCUT2D eigenvalue weighted by Crippen LogP contribution is -2.32. The highest BCUT2D eigenvalue weighted by atomic mass is 16.2. The summed E-state index contributed by atoms with van der Waals surface area (Å²) in [5.74, 6) is 0.920. The molecule has 4 nitrogen and oxygen atoms in total. The summed E-state index contributed by atoms with van der Waals surface area (Å²) < 4.78 is 0. The standard InChI is InChI=1S/C13H19N3O/c1-3-14-12-8-5-10(9-15-12)13(17)16(4-2)11-6-7-11/h5,8-9,11H,3-4,6-7H2,1-2H3,(H,14,15). The second kappa shape index (κ2) is 5.17. The molecular weight excluding hydrogens is 214 g/mol. The predicted octanol–water partition coefficient (Wildman–Crippen LogP) is 2.14. The molecule has 0 aliphatic heterocycles. The highest BCUT2D eigenvalue weighted by Gasteiger charge is 2.31. The van der Waals surface area contributed by atoms with Crippen molar-refractivity contribution in [3.05, 3.63) is 23.9 Å². The van der Waals surface area contributed by atoms with Crippen LogP contribution in [-0.4, -0.2) is 34.9 Å². The Balaban J connectivity index is 2.07. The lowest BCUT2D eigenvalue weighted by molar-refractivity contribution is 0.0752. The zero-order valence-electron chi connectivity index (χ0n) is 10.4. The van der Waals surface area contributed by atoms with Crippen molar-refractivity contribution >= 4 is 11.7 Å². The Kier molecular flexibility index (Phi) is 3.61. The SMILES string of the molecule is CCNc1ccc(C(=O)N(CC)C2CC2)cn1. The van der Waals surface area contributed by atoms with Gasteiger partial charge in [0.15, 0.2) is 0 Å². The Morgan fingerprint density at radius 3 is 2.71 bits per heavy atom. The smallest absolute Gasteiger partial charge is 0.255 e. The van der Waals surface area contributed by atoms with Gasteiger partial charge in [0.05, 0.1) is 5.56 Å². The fourth-order valence-electron chi connectivity index (χ4n) is 1.93. The van der Waals surface area contributed by atoms with Crippen LogP contribution >= 0.6 is 0 Å². The molecule has 92 valence electrons. The van der Waals surface area contributed by atoms with Crippen LogP contribution in [0.2, 0.25) is 0 Å². The maximum atomic E-state index is 12.2. The highest BCUT2D eigenvalue weighted by molar-refractivity contribution is 5.94. The average Bonchev–Trinajstić information content (AvgIpc) is 3.16. The van der Waals surface area contributed by atoms with Crippen LogP contribution in [0.3, 0.4) is 0 Å². The second-order valence-corrected chi connectivity index (χ2v) is 4.28. The normalized spacial score (nSPS) is 14.5. The molecule has 0 spiro atoms. The van der Waals surface area contributed by atoms with E-state index in [0.29, 0.717) is 11.6 Å². The first-order chi connectivity index (χ1) is 8.26. The van der Waals surface area contributed by atoms with Crippen molar-refractivity contribution in [3.8, 4) is 0 Å². The van der Waals surface area contributed by atoms with Gasteiger partial charge in [-0.15, -0.1) is 0 Å². The van der Waals surface area contributed by atoms with Crippen LogP contribution in [-0.2, 0) is 0 Å². The summed E-state index contributed by atoms with van der Waals surface area (Å²) in [4.78, 5) is 18.4. The molecule has 0 saturated heterocycles. The zero-order valence-corrected chi connectivity index (χ0v) is 10.4. The third kappa shape index (κ3) is 2.75. The molecule has 1 fully saturated rings. The van der Waals surface area contributed by atoms with Crippen LogP contribution in [0.25, 0.3) is 0 Å². The van der Waals surface area contributed by atoms with Gasteiger partial charge in [0.25, 0.3) is 5.91 Å². The van der Waals surface area contributed by atoms with Gasteiger partial charge in [-0.2, -0.15) is 0 Å². The Labute approximate surface area is 102 Å². The number of nitrogens with zero attached hydrogens (tertiary/aromatic N) is 2. The summed E-state index contributed by atoms with van der Waals surface area (Å²) in [7, 11) is 0. The van der Waals surface area contributed by atoms with E-state index in [2.05, 4.69) is 10.3 Å². The van der Waals surface area contributed by atoms with Gasteiger partial charge in [-0.1, -0.05) is 0 Å². The van der Waals surface area contributed by atoms with Crippen LogP contribution in [0, 0.1) is 0 Å². The number of pyridine rings is 1. The average molecular weight is 233 g/mol. The van der Waals surface area contributed by atoms with E-state index in [1.807, 2.05) is 30.9 Å². The molecule has 0 aromatic carbocycles. The largest absolute Gasteiger partial charge is 0.370 e. The number of carbonyl (C=O) groups excluding carboxylic acids is 1. The minimum atomic E-state index is 0.102. The van der Waals surface area contributed by atoms with Gasteiger partial charge in [-0.3, -0.25) is 4.79 Å². The molecular formula is C13H19N3O. The number of carbonyl (C=O) groups is 1. The van der Waals surface area contributed by atoms with Crippen molar-refractivity contribution in [1.29, 1.82) is 0 Å². The predicted molar refractivity (Wildman–Crippen MR) is 68.1 cm³/mol. The van der Waals surface area contributed by atoms with Gasteiger partial charge in [-0.25, -0.2) is 4.98 Å². The van der Waals surface area contributed by atoms with E-state index in [0.717, 1.165) is 31.7 Å². The fourth-order valence-corrected chi connectivity index (χ4v) is 1.93. The molecule has 1 saturated carbocycles. The van der Waals surface area contributed by atoms with E-state index in [9.17, 15) is 4.79 Å². The van der Waals surface area contributed by atoms with E-state index < -0.39 is 0 Å². The molecule has 0 unspecified atom stereocenters. The van der Waals surface area contributed by atoms with Gasteiger partial charge >= 0.3 is 0 Å². The molecule has 1 aromatic heterocycles. The van der Waals surface area contributed by atoms with Crippen molar-refractivity contribution in [3.63, 3.8) is 0 Å². The van der Waals surface area contributed by atoms with E-state index >= 15 is 0 Å². The molecule has 1 N–H and O–H groups in total. The second-order valence-electron chi connectivity index (χ2n) is 4.28. The summed E-state index contributed by atoms with van der Waals surface area (Å²) >= 11 is 0. The topological polar surface area (TPSA) is 45.2 Å². The minimum Gasteiger partial charge on any atom is -0.370 e. The van der Waals surface area contributed by atoms with Gasteiger partial charge < -0.3 is 10.2 Å². The van der Waals surface area contributed by atoms with Gasteiger partial charge in [0.2, 0.25) is 0 Å². The van der Waals surface area contributed by atoms with E-state index in [1.54, 1.807) is 6.20 Å². The number of anilines is 1. The maximum absolute atomic E-state index is 12.2. The van der Waals surface area contributed by atoms with Gasteiger partial charge in [0, 0.05) is 25.3 Å². The van der Waals surface area contributed by atoms with Crippen LogP contribution < -0.4 is 5.32 Å². The lowest BCUT2D eigenvalue weighted by Gasteiger charge is -2.20. The van der Waals surface area contributed by atoms with Gasteiger partial charge in [-0.05, 0) is 38.8 Å². The van der Waals surface area contributed by atoms with Crippen molar-refractivity contribution in [2.75, 3.05) is 18.4 Å². The number of aromatic nitrogens is 1. The number of hydrogen-bond acceptors (Lipinski definition) is 3. The molecule has 1 aliphatic carbocycles. The molecule has 0 radical (unpaired) electrons. The molecule has 4 heteroatoms.